The molecular weight excluding hydrogens is 406 g/mol. The van der Waals surface area contributed by atoms with Crippen molar-refractivity contribution in [2.24, 2.45) is 0 Å². The number of fused-ring (bicyclic) bond motifs is 1. The summed E-state index contributed by atoms with van der Waals surface area (Å²) in [6, 6.07) is 15.9. The van der Waals surface area contributed by atoms with Crippen LogP contribution in [0.15, 0.2) is 53.1 Å². The first-order valence-electron chi connectivity index (χ1n) is 11.0. The number of hydrogen-bond acceptors (Lipinski definition) is 6. The highest BCUT2D eigenvalue weighted by atomic mass is 16.5. The second-order valence-corrected chi connectivity index (χ2v) is 8.38. The zero-order valence-corrected chi connectivity index (χ0v) is 18.4. The van der Waals surface area contributed by atoms with Gasteiger partial charge in [0.15, 0.2) is 5.76 Å². The molecule has 1 amide bonds. The summed E-state index contributed by atoms with van der Waals surface area (Å²) >= 11 is 0. The molecule has 1 fully saturated rings. The van der Waals surface area contributed by atoms with E-state index in [1.807, 2.05) is 35.2 Å². The van der Waals surface area contributed by atoms with Gasteiger partial charge in [0.05, 0.1) is 19.2 Å². The molecule has 7 heteroatoms. The molecule has 2 aliphatic heterocycles. The number of carbonyl (C=O) groups excluding carboxylic acids is 1. The molecule has 0 saturated carbocycles. The Bertz CT molecular complexity index is 1100. The molecule has 0 spiro atoms. The van der Waals surface area contributed by atoms with Crippen molar-refractivity contribution in [1.82, 2.24) is 10.1 Å². The minimum Gasteiger partial charge on any atom is -0.497 e. The largest absolute Gasteiger partial charge is 0.497 e. The van der Waals surface area contributed by atoms with Gasteiger partial charge in [0.1, 0.15) is 17.6 Å². The molecule has 166 valence electrons. The Hall–Kier alpha value is -3.48. The van der Waals surface area contributed by atoms with E-state index in [2.05, 4.69) is 35.2 Å². The summed E-state index contributed by atoms with van der Waals surface area (Å²) in [6.45, 7) is 5.06. The van der Waals surface area contributed by atoms with E-state index in [1.165, 1.54) is 5.56 Å². The van der Waals surface area contributed by atoms with E-state index in [0.29, 0.717) is 24.5 Å². The number of piperazine rings is 1. The predicted molar refractivity (Wildman–Crippen MR) is 121 cm³/mol. The van der Waals surface area contributed by atoms with Crippen LogP contribution in [-0.2, 0) is 17.6 Å². The van der Waals surface area contributed by atoms with Gasteiger partial charge in [-0.2, -0.15) is 0 Å². The van der Waals surface area contributed by atoms with Crippen LogP contribution in [0.4, 0.5) is 5.69 Å². The second-order valence-electron chi connectivity index (χ2n) is 8.38. The molecule has 0 radical (unpaired) electrons. The first kappa shape index (κ1) is 20.4. The molecule has 2 aliphatic rings. The number of nitrogens with zero attached hydrogens (tertiary/aromatic N) is 3. The van der Waals surface area contributed by atoms with E-state index in [0.717, 1.165) is 42.3 Å². The number of rotatable bonds is 5. The van der Waals surface area contributed by atoms with Gasteiger partial charge in [-0.05, 0) is 55.0 Å². The highest BCUT2D eigenvalue weighted by molar-refractivity contribution is 5.79. The van der Waals surface area contributed by atoms with E-state index < -0.39 is 0 Å². The van der Waals surface area contributed by atoms with Crippen LogP contribution < -0.4 is 14.4 Å². The molecule has 7 nitrogen and oxygen atoms in total. The molecular formula is C25H27N3O4. The van der Waals surface area contributed by atoms with Crippen molar-refractivity contribution in [1.29, 1.82) is 0 Å². The Morgan fingerprint density at radius 1 is 1.09 bits per heavy atom. The van der Waals surface area contributed by atoms with Gasteiger partial charge in [0, 0.05) is 49.9 Å². The minimum atomic E-state index is 0.0791. The topological polar surface area (TPSA) is 68.0 Å². The molecule has 3 heterocycles. The van der Waals surface area contributed by atoms with E-state index >= 15 is 0 Å². The fourth-order valence-electron chi connectivity index (χ4n) is 4.38. The lowest BCUT2D eigenvalue weighted by Crippen LogP contribution is -2.49. The maximum absolute atomic E-state index is 12.8. The Kier molecular flexibility index (Phi) is 5.47. The Morgan fingerprint density at radius 3 is 2.62 bits per heavy atom. The Labute approximate surface area is 187 Å². The van der Waals surface area contributed by atoms with Crippen LogP contribution in [-0.4, -0.2) is 55.4 Å². The van der Waals surface area contributed by atoms with Gasteiger partial charge in [-0.1, -0.05) is 5.16 Å². The molecule has 1 atom stereocenters. The van der Waals surface area contributed by atoms with Gasteiger partial charge < -0.3 is 23.8 Å². The van der Waals surface area contributed by atoms with Crippen molar-refractivity contribution >= 4 is 11.6 Å². The van der Waals surface area contributed by atoms with Crippen LogP contribution in [0.5, 0.6) is 11.5 Å². The summed E-state index contributed by atoms with van der Waals surface area (Å²) in [6.07, 6.45) is 1.34. The third-order valence-electron chi connectivity index (χ3n) is 6.14. The Morgan fingerprint density at radius 2 is 1.88 bits per heavy atom. The average Bonchev–Trinajstić information content (AvgIpc) is 3.44. The van der Waals surface area contributed by atoms with Crippen LogP contribution in [0, 0.1) is 0 Å². The predicted octanol–water partition coefficient (Wildman–Crippen LogP) is 3.56. The van der Waals surface area contributed by atoms with Gasteiger partial charge >= 0.3 is 0 Å². The average molecular weight is 434 g/mol. The normalized spacial score (nSPS) is 17.8. The first-order valence-corrected chi connectivity index (χ1v) is 11.0. The molecule has 1 unspecified atom stereocenters. The van der Waals surface area contributed by atoms with Crippen molar-refractivity contribution in [2.75, 3.05) is 38.2 Å². The number of anilines is 1. The molecule has 32 heavy (non-hydrogen) atoms. The monoisotopic (exact) mass is 433 g/mol. The molecule has 1 aromatic heterocycles. The highest BCUT2D eigenvalue weighted by Gasteiger charge is 2.23. The van der Waals surface area contributed by atoms with Crippen LogP contribution in [0.1, 0.15) is 18.2 Å². The maximum atomic E-state index is 12.8. The lowest BCUT2D eigenvalue weighted by atomic mass is 10.1. The van der Waals surface area contributed by atoms with Crippen molar-refractivity contribution in [3.8, 4) is 22.8 Å². The summed E-state index contributed by atoms with van der Waals surface area (Å²) in [7, 11) is 1.67. The van der Waals surface area contributed by atoms with Crippen LogP contribution >= 0.6 is 0 Å². The number of hydrogen-bond donors (Lipinski definition) is 0. The standard InChI is InChI=1S/C25H27N3O4/c1-17-13-19-14-18(3-8-23(19)31-17)24-15-20(26-32-24)16-25(29)28-11-9-27(10-12-28)21-4-6-22(30-2)7-5-21/h3-8,14-15,17H,9-13,16H2,1-2H3. The minimum absolute atomic E-state index is 0.0791. The smallest absolute Gasteiger partial charge is 0.228 e. The second kappa shape index (κ2) is 8.57. The number of methoxy groups -OCH3 is 1. The maximum Gasteiger partial charge on any atom is 0.228 e. The van der Waals surface area contributed by atoms with Crippen LogP contribution in [0.3, 0.4) is 0 Å². The lowest BCUT2D eigenvalue weighted by molar-refractivity contribution is -0.130. The van der Waals surface area contributed by atoms with E-state index in [1.54, 1.807) is 7.11 Å². The molecule has 3 aromatic rings. The fourth-order valence-corrected chi connectivity index (χ4v) is 4.38. The lowest BCUT2D eigenvalue weighted by Gasteiger charge is -2.36. The van der Waals surface area contributed by atoms with Gasteiger partial charge in [-0.25, -0.2) is 0 Å². The van der Waals surface area contributed by atoms with Crippen molar-refractivity contribution in [2.45, 2.75) is 25.9 Å². The fraction of sp³-hybridized carbons (Fsp3) is 0.360. The van der Waals surface area contributed by atoms with Crippen molar-refractivity contribution in [3.05, 3.63) is 59.8 Å². The van der Waals surface area contributed by atoms with E-state index in [9.17, 15) is 4.79 Å². The summed E-state index contributed by atoms with van der Waals surface area (Å²) in [4.78, 5) is 17.0. The highest BCUT2D eigenvalue weighted by Crippen LogP contribution is 2.33. The van der Waals surface area contributed by atoms with Crippen LogP contribution in [0.25, 0.3) is 11.3 Å². The zero-order chi connectivity index (χ0) is 22.1. The zero-order valence-electron chi connectivity index (χ0n) is 18.4. The molecule has 0 bridgehead atoms. The molecule has 5 rings (SSSR count). The summed E-state index contributed by atoms with van der Waals surface area (Å²) in [5.74, 6) is 2.54. The quantitative estimate of drug-likeness (QED) is 0.613. The molecule has 1 saturated heterocycles. The number of carbonyl (C=O) groups is 1. The van der Waals surface area contributed by atoms with Crippen LogP contribution in [0.2, 0.25) is 0 Å². The third kappa shape index (κ3) is 4.15. The number of ether oxygens (including phenoxy) is 2. The SMILES string of the molecule is COc1ccc(N2CCN(C(=O)Cc3cc(-c4ccc5c(c4)CC(C)O5)on3)CC2)cc1. The van der Waals surface area contributed by atoms with Crippen molar-refractivity contribution in [3.63, 3.8) is 0 Å². The van der Waals surface area contributed by atoms with E-state index in [4.69, 9.17) is 14.0 Å². The summed E-state index contributed by atoms with van der Waals surface area (Å²) < 4.78 is 16.5. The number of amides is 1. The molecule has 0 N–H and O–H groups in total. The molecule has 2 aromatic carbocycles. The summed E-state index contributed by atoms with van der Waals surface area (Å²) in [5.41, 5.74) is 3.94. The number of aromatic nitrogens is 1. The number of benzene rings is 2. The van der Waals surface area contributed by atoms with Gasteiger partial charge in [0.25, 0.3) is 0 Å². The van der Waals surface area contributed by atoms with E-state index in [-0.39, 0.29) is 18.4 Å². The first-order chi connectivity index (χ1) is 15.6. The third-order valence-corrected chi connectivity index (χ3v) is 6.14. The van der Waals surface area contributed by atoms with Gasteiger partial charge in [-0.15, -0.1) is 0 Å². The van der Waals surface area contributed by atoms with Gasteiger partial charge in [0.2, 0.25) is 5.91 Å². The van der Waals surface area contributed by atoms with Gasteiger partial charge in [-0.3, -0.25) is 4.79 Å². The van der Waals surface area contributed by atoms with Crippen molar-refractivity contribution < 1.29 is 18.8 Å². The summed E-state index contributed by atoms with van der Waals surface area (Å²) in [5, 5.41) is 4.14. The molecule has 0 aliphatic carbocycles. The Balaban J connectivity index is 1.18.